The predicted molar refractivity (Wildman–Crippen MR) is 101 cm³/mol. The van der Waals surface area contributed by atoms with Crippen LogP contribution < -0.4 is 0 Å². The van der Waals surface area contributed by atoms with Crippen LogP contribution in [0.1, 0.15) is 25.8 Å². The number of rotatable bonds is 3. The van der Waals surface area contributed by atoms with Gasteiger partial charge in [-0.2, -0.15) is 9.65 Å². The van der Waals surface area contributed by atoms with E-state index in [9.17, 15) is 19.2 Å². The number of allylic oxidation sites excluding steroid dienone is 1. The summed E-state index contributed by atoms with van der Waals surface area (Å²) in [5.41, 5.74) is -1.47. The Bertz CT molecular complexity index is 847. The highest BCUT2D eigenvalue weighted by atomic mass is 19.2. The molecule has 0 aromatic heterocycles. The van der Waals surface area contributed by atoms with Gasteiger partial charge in [0, 0.05) is 20.2 Å². The van der Waals surface area contributed by atoms with Crippen LogP contribution in [0.5, 0.6) is 0 Å². The minimum atomic E-state index is -3.01. The lowest BCUT2D eigenvalue weighted by Gasteiger charge is -2.31. The number of carbonyl (C=O) groups excluding carboxylic acids is 2. The van der Waals surface area contributed by atoms with Crippen LogP contribution in [-0.2, 0) is 24.9 Å². The summed E-state index contributed by atoms with van der Waals surface area (Å²) < 4.78 is 40.0. The molecule has 1 heterocycles. The average molecular weight is 406 g/mol. The summed E-state index contributed by atoms with van der Waals surface area (Å²) in [6, 6.07) is 6.85. The molecule has 0 fully saturated rings. The molecule has 156 valence electrons. The monoisotopic (exact) mass is 406 g/mol. The Morgan fingerprint density at radius 1 is 1.34 bits per heavy atom. The summed E-state index contributed by atoms with van der Waals surface area (Å²) in [6.07, 6.45) is 1.57. The summed E-state index contributed by atoms with van der Waals surface area (Å²) >= 11 is 0. The third-order valence-electron chi connectivity index (χ3n) is 4.76. The van der Waals surface area contributed by atoms with Crippen LogP contribution in [0.2, 0.25) is 0 Å². The van der Waals surface area contributed by atoms with E-state index in [1.807, 2.05) is 6.07 Å². The van der Waals surface area contributed by atoms with Gasteiger partial charge in [-0.05, 0) is 18.6 Å². The Hall–Kier alpha value is -2.63. The lowest BCUT2D eigenvalue weighted by Crippen LogP contribution is -2.47. The maximum absolute atomic E-state index is 15.5. The van der Waals surface area contributed by atoms with Crippen molar-refractivity contribution in [2.45, 2.75) is 26.1 Å². The smallest absolute Gasteiger partial charge is 0.317 e. The van der Waals surface area contributed by atoms with Crippen LogP contribution in [0.15, 0.2) is 35.9 Å². The number of carbonyl (C=O) groups is 2. The minimum Gasteiger partial charge on any atom is -0.379 e. The van der Waals surface area contributed by atoms with Crippen molar-refractivity contribution < 1.29 is 27.8 Å². The number of ether oxygens (including phenoxy) is 2. The van der Waals surface area contributed by atoms with E-state index >= 15 is 4.39 Å². The molecular weight excluding hydrogens is 382 g/mol. The molecule has 8 heteroatoms. The van der Waals surface area contributed by atoms with Crippen molar-refractivity contribution in [2.24, 2.45) is 5.41 Å². The van der Waals surface area contributed by atoms with E-state index in [-0.39, 0.29) is 44.1 Å². The lowest BCUT2D eigenvalue weighted by molar-refractivity contribution is -0.185. The molecule has 1 aromatic rings. The summed E-state index contributed by atoms with van der Waals surface area (Å²) in [6.45, 7) is 3.42. The van der Waals surface area contributed by atoms with Gasteiger partial charge in [-0.15, -0.1) is 0 Å². The Kier molecular flexibility index (Phi) is 7.22. The van der Waals surface area contributed by atoms with Gasteiger partial charge in [0.15, 0.2) is 5.78 Å². The van der Waals surface area contributed by atoms with E-state index in [0.29, 0.717) is 0 Å². The number of nitrogens with zero attached hydrogens (tertiary/aromatic N) is 2. The van der Waals surface area contributed by atoms with Gasteiger partial charge in [0.05, 0.1) is 29.8 Å². The molecule has 0 saturated carbocycles. The maximum Gasteiger partial charge on any atom is 0.317 e. The first-order valence-electron chi connectivity index (χ1n) is 9.18. The molecule has 0 bridgehead atoms. The zero-order valence-corrected chi connectivity index (χ0v) is 16.7. The molecule has 1 aromatic carbocycles. The summed E-state index contributed by atoms with van der Waals surface area (Å²) in [5.74, 6) is -5.35. The maximum atomic E-state index is 15.5. The SMILES string of the molecule is COC(F)(C(=O)N1CC/C=C(/C#N)C(=O)C(C)(C)COCC1)c1ccccc1F. The molecule has 1 amide bonds. The molecule has 0 radical (unpaired) electrons. The average Bonchev–Trinajstić information content (AvgIpc) is 2.73. The molecule has 6 nitrogen and oxygen atoms in total. The van der Waals surface area contributed by atoms with Crippen molar-refractivity contribution in [3.63, 3.8) is 0 Å². The first-order chi connectivity index (χ1) is 13.7. The number of halogens is 2. The van der Waals surface area contributed by atoms with Crippen molar-refractivity contribution >= 4 is 11.7 Å². The molecule has 1 atom stereocenters. The first-order valence-corrected chi connectivity index (χ1v) is 9.18. The second kappa shape index (κ2) is 9.25. The number of alkyl halides is 1. The summed E-state index contributed by atoms with van der Waals surface area (Å²) in [4.78, 5) is 26.6. The molecular formula is C21H24F2N2O4. The van der Waals surface area contributed by atoms with Gasteiger partial charge in [-0.3, -0.25) is 9.59 Å². The molecule has 2 rings (SSSR count). The largest absolute Gasteiger partial charge is 0.379 e. The third kappa shape index (κ3) is 4.86. The fraction of sp³-hybridized carbons (Fsp3) is 0.476. The van der Waals surface area contributed by atoms with Crippen LogP contribution in [0.3, 0.4) is 0 Å². The fourth-order valence-corrected chi connectivity index (χ4v) is 3.04. The molecule has 0 N–H and O–H groups in total. The second-order valence-electron chi connectivity index (χ2n) is 7.36. The third-order valence-corrected chi connectivity index (χ3v) is 4.76. The highest BCUT2D eigenvalue weighted by molar-refractivity contribution is 6.02. The zero-order chi connectivity index (χ0) is 21.7. The highest BCUT2D eigenvalue weighted by Gasteiger charge is 2.46. The first kappa shape index (κ1) is 22.7. The van der Waals surface area contributed by atoms with Gasteiger partial charge in [0.1, 0.15) is 11.9 Å². The van der Waals surface area contributed by atoms with E-state index in [4.69, 9.17) is 9.47 Å². The van der Waals surface area contributed by atoms with Crippen LogP contribution in [0, 0.1) is 22.6 Å². The Labute approximate surface area is 168 Å². The number of hydrogen-bond acceptors (Lipinski definition) is 5. The lowest BCUT2D eigenvalue weighted by atomic mass is 9.85. The van der Waals surface area contributed by atoms with Gasteiger partial charge >= 0.3 is 5.85 Å². The molecule has 1 unspecified atom stereocenters. The number of methoxy groups -OCH3 is 1. The summed E-state index contributed by atoms with van der Waals surface area (Å²) in [5, 5.41) is 9.28. The van der Waals surface area contributed by atoms with Gasteiger partial charge in [-0.25, -0.2) is 4.39 Å². The van der Waals surface area contributed by atoms with E-state index in [1.54, 1.807) is 13.8 Å². The number of amides is 1. The van der Waals surface area contributed by atoms with E-state index in [2.05, 4.69) is 0 Å². The number of hydrogen-bond donors (Lipinski definition) is 0. The molecule has 1 aliphatic heterocycles. The van der Waals surface area contributed by atoms with Crippen LogP contribution >= 0.6 is 0 Å². The van der Waals surface area contributed by atoms with Gasteiger partial charge in [0.25, 0.3) is 5.91 Å². The Balaban J connectivity index is 2.32. The Morgan fingerprint density at radius 2 is 2.03 bits per heavy atom. The Morgan fingerprint density at radius 3 is 2.66 bits per heavy atom. The van der Waals surface area contributed by atoms with Crippen molar-refractivity contribution in [3.8, 4) is 6.07 Å². The van der Waals surface area contributed by atoms with Gasteiger partial charge < -0.3 is 14.4 Å². The van der Waals surface area contributed by atoms with Gasteiger partial charge in [-0.1, -0.05) is 32.1 Å². The quantitative estimate of drug-likeness (QED) is 0.771. The number of benzene rings is 1. The van der Waals surface area contributed by atoms with E-state index in [0.717, 1.165) is 24.1 Å². The van der Waals surface area contributed by atoms with Crippen molar-refractivity contribution in [2.75, 3.05) is 33.4 Å². The van der Waals surface area contributed by atoms with Crippen LogP contribution in [-0.4, -0.2) is 50.0 Å². The minimum absolute atomic E-state index is 0.00453. The van der Waals surface area contributed by atoms with Crippen molar-refractivity contribution in [1.29, 1.82) is 5.26 Å². The highest BCUT2D eigenvalue weighted by Crippen LogP contribution is 2.32. The van der Waals surface area contributed by atoms with Gasteiger partial charge in [0.2, 0.25) is 0 Å². The molecule has 0 aliphatic carbocycles. The predicted octanol–water partition coefficient (Wildman–Crippen LogP) is 2.89. The van der Waals surface area contributed by atoms with Crippen molar-refractivity contribution in [3.05, 3.63) is 47.3 Å². The molecule has 1 aliphatic rings. The topological polar surface area (TPSA) is 79.6 Å². The zero-order valence-electron chi connectivity index (χ0n) is 16.7. The second-order valence-corrected chi connectivity index (χ2v) is 7.36. The number of ketones is 1. The van der Waals surface area contributed by atoms with E-state index < -0.39 is 28.6 Å². The summed E-state index contributed by atoms with van der Waals surface area (Å²) in [7, 11) is 0.988. The van der Waals surface area contributed by atoms with E-state index in [1.165, 1.54) is 18.2 Å². The normalized spacial score (nSPS) is 21.9. The number of Topliss-reactive ketones (excluding diaryl/α,β-unsaturated/α-hetero) is 1. The van der Waals surface area contributed by atoms with Crippen LogP contribution in [0.25, 0.3) is 0 Å². The van der Waals surface area contributed by atoms with Crippen LogP contribution in [0.4, 0.5) is 8.78 Å². The van der Waals surface area contributed by atoms with Crippen molar-refractivity contribution in [1.82, 2.24) is 4.90 Å². The molecule has 0 saturated heterocycles. The fourth-order valence-electron chi connectivity index (χ4n) is 3.04. The molecule has 0 spiro atoms. The number of nitriles is 1. The standard InChI is InChI=1S/C21H24F2N2O4/c1-20(2)14-29-12-11-25(10-6-7-15(13-24)18(20)26)19(27)21(23,28-3)16-8-4-5-9-17(16)22/h4-5,7-9H,6,10-12,14H2,1-3H3/b15-7-. The molecule has 29 heavy (non-hydrogen) atoms.